The molecule has 2 heterocycles. The van der Waals surface area contributed by atoms with Crippen molar-refractivity contribution in [2.75, 3.05) is 18.1 Å². The van der Waals surface area contributed by atoms with E-state index in [1.807, 2.05) is 44.4 Å². The number of hydrogen-bond acceptors (Lipinski definition) is 4. The fraction of sp³-hybridized carbons (Fsp3) is 0.526. The van der Waals surface area contributed by atoms with Gasteiger partial charge < -0.3 is 20.9 Å². The molecule has 1 aromatic rings. The lowest BCUT2D eigenvalue weighted by Gasteiger charge is -2.36. The highest BCUT2D eigenvalue weighted by molar-refractivity contribution is 7.98. The van der Waals surface area contributed by atoms with Crippen LogP contribution in [0.2, 0.25) is 0 Å². The summed E-state index contributed by atoms with van der Waals surface area (Å²) < 4.78 is 0. The van der Waals surface area contributed by atoms with Crippen LogP contribution in [0.5, 0.6) is 0 Å². The summed E-state index contributed by atoms with van der Waals surface area (Å²) in [5.74, 6) is -0.0926. The number of benzene rings is 1. The number of amides is 4. The summed E-state index contributed by atoms with van der Waals surface area (Å²) in [5, 5.41) is 8.56. The standard InChI is InChI=1S/C19H26N4O3S/c1-4-11(2)16-18(25)23-10-13(9-15(23)17(24)22-16)21-19(26)20-12-6-5-7-14(8-12)27-3/h5-8,11,13,15-16H,4,9-10H2,1-3H3,(H,22,24)(H2,20,21,26)/t11-,13-,15-,16-/m0/s1. The average molecular weight is 391 g/mol. The van der Waals surface area contributed by atoms with Gasteiger partial charge in [0, 0.05) is 17.1 Å². The van der Waals surface area contributed by atoms with Gasteiger partial charge in [-0.05, 0) is 36.8 Å². The molecule has 4 atom stereocenters. The third kappa shape index (κ3) is 4.21. The molecule has 2 fully saturated rings. The van der Waals surface area contributed by atoms with Crippen LogP contribution in [0.25, 0.3) is 0 Å². The SMILES string of the molecule is CC[C@H](C)[C@@H]1NC(=O)[C@@H]2C[C@H](NC(=O)Nc3cccc(SC)c3)CN2C1=O. The number of rotatable bonds is 5. The largest absolute Gasteiger partial charge is 0.342 e. The molecule has 2 aliphatic rings. The Balaban J connectivity index is 1.61. The normalized spacial score (nSPS) is 25.6. The van der Waals surface area contributed by atoms with Crippen LogP contribution in [0.4, 0.5) is 10.5 Å². The number of nitrogens with one attached hydrogen (secondary N) is 3. The average Bonchev–Trinajstić information content (AvgIpc) is 3.08. The van der Waals surface area contributed by atoms with E-state index in [1.54, 1.807) is 16.7 Å². The van der Waals surface area contributed by atoms with Gasteiger partial charge in [-0.25, -0.2) is 4.79 Å². The smallest absolute Gasteiger partial charge is 0.319 e. The van der Waals surface area contributed by atoms with E-state index in [9.17, 15) is 14.4 Å². The summed E-state index contributed by atoms with van der Waals surface area (Å²) in [6, 6.07) is 6.04. The van der Waals surface area contributed by atoms with Gasteiger partial charge in [-0.2, -0.15) is 0 Å². The van der Waals surface area contributed by atoms with Crippen molar-refractivity contribution in [2.24, 2.45) is 5.92 Å². The minimum atomic E-state index is -0.497. The Morgan fingerprint density at radius 2 is 2.19 bits per heavy atom. The van der Waals surface area contributed by atoms with E-state index in [-0.39, 0.29) is 29.8 Å². The van der Waals surface area contributed by atoms with Crippen LogP contribution in [-0.4, -0.2) is 53.7 Å². The zero-order chi connectivity index (χ0) is 19.6. The molecule has 0 aliphatic carbocycles. The number of hydrogen-bond donors (Lipinski definition) is 3. The molecule has 7 nitrogen and oxygen atoms in total. The van der Waals surface area contributed by atoms with Crippen molar-refractivity contribution in [3.8, 4) is 0 Å². The molecule has 0 bridgehead atoms. The summed E-state index contributed by atoms with van der Waals surface area (Å²) in [7, 11) is 0. The molecule has 0 spiro atoms. The van der Waals surface area contributed by atoms with Gasteiger partial charge in [0.2, 0.25) is 11.8 Å². The lowest BCUT2D eigenvalue weighted by Crippen LogP contribution is -2.62. The van der Waals surface area contributed by atoms with Crippen molar-refractivity contribution in [3.63, 3.8) is 0 Å². The predicted octanol–water partition coefficient (Wildman–Crippen LogP) is 2.04. The van der Waals surface area contributed by atoms with Gasteiger partial charge in [-0.1, -0.05) is 26.3 Å². The van der Waals surface area contributed by atoms with Crippen molar-refractivity contribution in [2.45, 2.75) is 49.7 Å². The van der Waals surface area contributed by atoms with Gasteiger partial charge in [0.25, 0.3) is 0 Å². The highest BCUT2D eigenvalue weighted by Crippen LogP contribution is 2.26. The first-order valence-electron chi connectivity index (χ1n) is 9.25. The van der Waals surface area contributed by atoms with Crippen LogP contribution >= 0.6 is 11.8 Å². The van der Waals surface area contributed by atoms with Gasteiger partial charge in [0.15, 0.2) is 0 Å². The lowest BCUT2D eigenvalue weighted by atomic mass is 9.95. The van der Waals surface area contributed by atoms with Crippen LogP contribution < -0.4 is 16.0 Å². The quantitative estimate of drug-likeness (QED) is 0.671. The lowest BCUT2D eigenvalue weighted by molar-refractivity contribution is -0.148. The van der Waals surface area contributed by atoms with E-state index in [2.05, 4.69) is 16.0 Å². The number of urea groups is 1. The molecule has 2 aliphatic heterocycles. The maximum atomic E-state index is 12.7. The van der Waals surface area contributed by atoms with Crippen molar-refractivity contribution in [1.82, 2.24) is 15.5 Å². The van der Waals surface area contributed by atoms with E-state index in [4.69, 9.17) is 0 Å². The number of carbonyl (C=O) groups excluding carboxylic acids is 3. The summed E-state index contributed by atoms with van der Waals surface area (Å²) in [6.07, 6.45) is 3.22. The molecule has 8 heteroatoms. The van der Waals surface area contributed by atoms with Crippen LogP contribution in [0.15, 0.2) is 29.2 Å². The Morgan fingerprint density at radius 1 is 1.41 bits per heavy atom. The monoisotopic (exact) mass is 390 g/mol. The van der Waals surface area contributed by atoms with Crippen molar-refractivity contribution in [1.29, 1.82) is 0 Å². The second-order valence-corrected chi connectivity index (χ2v) is 8.02. The van der Waals surface area contributed by atoms with Gasteiger partial charge in [-0.15, -0.1) is 11.8 Å². The van der Waals surface area contributed by atoms with Crippen molar-refractivity contribution >= 4 is 35.3 Å². The van der Waals surface area contributed by atoms with Crippen LogP contribution in [-0.2, 0) is 9.59 Å². The number of carbonyl (C=O) groups is 3. The number of nitrogens with zero attached hydrogens (tertiary/aromatic N) is 1. The summed E-state index contributed by atoms with van der Waals surface area (Å²) in [4.78, 5) is 40.1. The molecule has 1 aromatic carbocycles. The van der Waals surface area contributed by atoms with Crippen LogP contribution in [0, 0.1) is 5.92 Å². The first-order chi connectivity index (χ1) is 12.9. The Labute approximate surface area is 163 Å². The fourth-order valence-corrected chi connectivity index (χ4v) is 4.06. The second-order valence-electron chi connectivity index (χ2n) is 7.14. The Bertz CT molecular complexity index is 741. The first-order valence-corrected chi connectivity index (χ1v) is 10.5. The Morgan fingerprint density at radius 3 is 2.89 bits per heavy atom. The molecular formula is C19H26N4O3S. The fourth-order valence-electron chi connectivity index (χ4n) is 3.60. The van der Waals surface area contributed by atoms with Gasteiger partial charge >= 0.3 is 6.03 Å². The summed E-state index contributed by atoms with van der Waals surface area (Å²) in [6.45, 7) is 4.33. The molecule has 27 heavy (non-hydrogen) atoms. The predicted molar refractivity (Wildman–Crippen MR) is 106 cm³/mol. The second kappa shape index (κ2) is 8.21. The molecule has 0 radical (unpaired) electrons. The Hall–Kier alpha value is -2.22. The molecular weight excluding hydrogens is 364 g/mol. The van der Waals surface area contributed by atoms with E-state index in [0.717, 1.165) is 11.3 Å². The molecule has 4 amide bonds. The number of anilines is 1. The highest BCUT2D eigenvalue weighted by Gasteiger charge is 2.47. The van der Waals surface area contributed by atoms with Crippen LogP contribution in [0.3, 0.4) is 0 Å². The molecule has 0 saturated carbocycles. The van der Waals surface area contributed by atoms with Gasteiger partial charge in [0.1, 0.15) is 12.1 Å². The highest BCUT2D eigenvalue weighted by atomic mass is 32.2. The van der Waals surface area contributed by atoms with E-state index >= 15 is 0 Å². The van der Waals surface area contributed by atoms with E-state index in [0.29, 0.717) is 18.7 Å². The maximum Gasteiger partial charge on any atom is 0.319 e. The third-order valence-electron chi connectivity index (χ3n) is 5.33. The zero-order valence-corrected chi connectivity index (χ0v) is 16.6. The molecule has 146 valence electrons. The van der Waals surface area contributed by atoms with Gasteiger partial charge in [0.05, 0.1) is 6.04 Å². The summed E-state index contributed by atoms with van der Waals surface area (Å²) in [5.41, 5.74) is 0.709. The number of thioether (sulfide) groups is 1. The first kappa shape index (κ1) is 19.5. The van der Waals surface area contributed by atoms with Crippen molar-refractivity contribution in [3.05, 3.63) is 24.3 Å². The van der Waals surface area contributed by atoms with E-state index in [1.165, 1.54) is 0 Å². The zero-order valence-electron chi connectivity index (χ0n) is 15.8. The summed E-state index contributed by atoms with van der Waals surface area (Å²) >= 11 is 1.60. The topological polar surface area (TPSA) is 90.5 Å². The molecule has 0 aromatic heterocycles. The number of piperazine rings is 1. The van der Waals surface area contributed by atoms with E-state index < -0.39 is 12.1 Å². The van der Waals surface area contributed by atoms with Gasteiger partial charge in [-0.3, -0.25) is 9.59 Å². The minimum Gasteiger partial charge on any atom is -0.342 e. The molecule has 3 rings (SSSR count). The molecule has 2 saturated heterocycles. The maximum absolute atomic E-state index is 12.7. The number of fused-ring (bicyclic) bond motifs is 1. The minimum absolute atomic E-state index is 0.0497. The van der Waals surface area contributed by atoms with Crippen molar-refractivity contribution < 1.29 is 14.4 Å². The Kier molecular flexibility index (Phi) is 5.94. The third-order valence-corrected chi connectivity index (χ3v) is 6.05. The molecule has 3 N–H and O–H groups in total. The molecule has 0 unspecified atom stereocenters. The van der Waals surface area contributed by atoms with Crippen LogP contribution in [0.1, 0.15) is 26.7 Å².